The van der Waals surface area contributed by atoms with E-state index in [9.17, 15) is 0 Å². The Labute approximate surface area is 78.1 Å². The molecule has 4 heteroatoms. The highest BCUT2D eigenvalue weighted by atomic mass is 15.3. The minimum Gasteiger partial charge on any atom is -0.330 e. The average Bonchev–Trinajstić information content (AvgIpc) is 2.46. The Morgan fingerprint density at radius 2 is 2.46 bits per heavy atom. The van der Waals surface area contributed by atoms with Crippen molar-refractivity contribution in [3.63, 3.8) is 0 Å². The number of nitrogens with zero attached hydrogens (tertiary/aromatic N) is 2. The van der Waals surface area contributed by atoms with Gasteiger partial charge in [0, 0.05) is 25.0 Å². The van der Waals surface area contributed by atoms with Crippen molar-refractivity contribution in [2.45, 2.75) is 18.9 Å². The van der Waals surface area contributed by atoms with Crippen molar-refractivity contribution in [3.8, 4) is 0 Å². The topological polar surface area (TPSA) is 55.9 Å². The van der Waals surface area contributed by atoms with Crippen LogP contribution in [-0.4, -0.2) is 29.4 Å². The first-order chi connectivity index (χ1) is 6.42. The molecule has 0 aromatic carbocycles. The summed E-state index contributed by atoms with van der Waals surface area (Å²) < 4.78 is 2.13. The van der Waals surface area contributed by atoms with E-state index in [2.05, 4.69) is 21.2 Å². The van der Waals surface area contributed by atoms with E-state index < -0.39 is 0 Å². The zero-order valence-corrected chi connectivity index (χ0v) is 7.74. The number of nitrogens with two attached hydrogens (primary N) is 1. The highest BCUT2D eigenvalue weighted by Crippen LogP contribution is 2.14. The normalized spacial score (nSPS) is 17.3. The third kappa shape index (κ3) is 1.73. The molecule has 0 amide bonds. The SMILES string of the molecule is NCCCc1ccnn1C1CNC1. The molecule has 4 nitrogen and oxygen atoms in total. The van der Waals surface area contributed by atoms with Gasteiger partial charge < -0.3 is 11.1 Å². The van der Waals surface area contributed by atoms with Gasteiger partial charge in [0.1, 0.15) is 0 Å². The maximum absolute atomic E-state index is 5.48. The minimum absolute atomic E-state index is 0.572. The third-order valence-electron chi connectivity index (χ3n) is 2.50. The van der Waals surface area contributed by atoms with Crippen LogP contribution >= 0.6 is 0 Å². The predicted molar refractivity (Wildman–Crippen MR) is 51.5 cm³/mol. The summed E-state index contributed by atoms with van der Waals surface area (Å²) in [5.41, 5.74) is 6.79. The van der Waals surface area contributed by atoms with Gasteiger partial charge in [-0.1, -0.05) is 0 Å². The van der Waals surface area contributed by atoms with E-state index in [0.29, 0.717) is 6.04 Å². The van der Waals surface area contributed by atoms with E-state index >= 15 is 0 Å². The zero-order valence-electron chi connectivity index (χ0n) is 7.74. The van der Waals surface area contributed by atoms with Gasteiger partial charge in [-0.3, -0.25) is 4.68 Å². The summed E-state index contributed by atoms with van der Waals surface area (Å²) >= 11 is 0. The molecular weight excluding hydrogens is 164 g/mol. The summed E-state index contributed by atoms with van der Waals surface area (Å²) in [6, 6.07) is 2.66. The molecule has 1 fully saturated rings. The van der Waals surface area contributed by atoms with Crippen molar-refractivity contribution in [2.75, 3.05) is 19.6 Å². The summed E-state index contributed by atoms with van der Waals surface area (Å²) in [5.74, 6) is 0. The lowest BCUT2D eigenvalue weighted by molar-refractivity contribution is 0.310. The summed E-state index contributed by atoms with van der Waals surface area (Å²) in [7, 11) is 0. The maximum atomic E-state index is 5.48. The fraction of sp³-hybridized carbons (Fsp3) is 0.667. The molecule has 0 saturated carbocycles. The lowest BCUT2D eigenvalue weighted by Crippen LogP contribution is -2.44. The number of aromatic nitrogens is 2. The fourth-order valence-corrected chi connectivity index (χ4v) is 1.60. The Balaban J connectivity index is 2.02. The Morgan fingerprint density at radius 3 is 3.08 bits per heavy atom. The molecule has 2 rings (SSSR count). The van der Waals surface area contributed by atoms with Gasteiger partial charge >= 0.3 is 0 Å². The number of hydrogen-bond acceptors (Lipinski definition) is 3. The molecule has 1 aliphatic rings. The number of hydrogen-bond donors (Lipinski definition) is 2. The van der Waals surface area contributed by atoms with Crippen LogP contribution in [-0.2, 0) is 6.42 Å². The molecular formula is C9H16N4. The minimum atomic E-state index is 0.572. The van der Waals surface area contributed by atoms with Crippen LogP contribution in [0, 0.1) is 0 Å². The van der Waals surface area contributed by atoms with Gasteiger partial charge in [-0.15, -0.1) is 0 Å². The van der Waals surface area contributed by atoms with E-state index in [1.54, 1.807) is 0 Å². The monoisotopic (exact) mass is 180 g/mol. The molecule has 3 N–H and O–H groups in total. The quantitative estimate of drug-likeness (QED) is 0.681. The molecule has 0 aliphatic carbocycles. The molecule has 72 valence electrons. The first-order valence-corrected chi connectivity index (χ1v) is 4.85. The number of rotatable bonds is 4. The van der Waals surface area contributed by atoms with Gasteiger partial charge in [0.15, 0.2) is 0 Å². The van der Waals surface area contributed by atoms with E-state index in [4.69, 9.17) is 5.73 Å². The molecule has 0 bridgehead atoms. The molecule has 0 radical (unpaired) electrons. The summed E-state index contributed by atoms with van der Waals surface area (Å²) in [4.78, 5) is 0. The molecule has 1 aromatic rings. The van der Waals surface area contributed by atoms with Gasteiger partial charge in [0.25, 0.3) is 0 Å². The standard InChI is InChI=1S/C9H16N4/c10-4-1-2-8-3-5-12-13(8)9-6-11-7-9/h3,5,9,11H,1-2,4,6-7,10H2. The Morgan fingerprint density at radius 1 is 1.62 bits per heavy atom. The van der Waals surface area contributed by atoms with Gasteiger partial charge in [-0.2, -0.15) is 5.10 Å². The van der Waals surface area contributed by atoms with Crippen molar-refractivity contribution in [1.29, 1.82) is 0 Å². The largest absolute Gasteiger partial charge is 0.330 e. The molecule has 1 aliphatic heterocycles. The lowest BCUT2D eigenvalue weighted by Gasteiger charge is -2.28. The van der Waals surface area contributed by atoms with Crippen molar-refractivity contribution in [2.24, 2.45) is 5.73 Å². The van der Waals surface area contributed by atoms with Crippen LogP contribution < -0.4 is 11.1 Å². The smallest absolute Gasteiger partial charge is 0.0770 e. The van der Waals surface area contributed by atoms with Crippen LogP contribution in [0.2, 0.25) is 0 Å². The Hall–Kier alpha value is -0.870. The molecule has 0 spiro atoms. The molecule has 0 unspecified atom stereocenters. The van der Waals surface area contributed by atoms with E-state index in [1.807, 2.05) is 6.20 Å². The summed E-state index contributed by atoms with van der Waals surface area (Å²) in [5, 5.41) is 7.57. The van der Waals surface area contributed by atoms with Gasteiger partial charge in [0.05, 0.1) is 6.04 Å². The molecule has 1 saturated heterocycles. The van der Waals surface area contributed by atoms with Crippen LogP contribution in [0.5, 0.6) is 0 Å². The lowest BCUT2D eigenvalue weighted by atomic mass is 10.1. The molecule has 13 heavy (non-hydrogen) atoms. The third-order valence-corrected chi connectivity index (χ3v) is 2.50. The van der Waals surface area contributed by atoms with Crippen molar-refractivity contribution in [1.82, 2.24) is 15.1 Å². The predicted octanol–water partition coefficient (Wildman–Crippen LogP) is -0.0813. The second kappa shape index (κ2) is 3.89. The second-order valence-corrected chi connectivity index (χ2v) is 3.47. The zero-order chi connectivity index (χ0) is 9.10. The Bertz CT molecular complexity index is 264. The van der Waals surface area contributed by atoms with Crippen LogP contribution in [0.25, 0.3) is 0 Å². The van der Waals surface area contributed by atoms with Crippen molar-refractivity contribution < 1.29 is 0 Å². The van der Waals surface area contributed by atoms with E-state index in [0.717, 1.165) is 32.5 Å². The molecule has 2 heterocycles. The highest BCUT2D eigenvalue weighted by Gasteiger charge is 2.20. The molecule has 1 aromatic heterocycles. The van der Waals surface area contributed by atoms with Crippen molar-refractivity contribution in [3.05, 3.63) is 18.0 Å². The maximum Gasteiger partial charge on any atom is 0.0770 e. The van der Waals surface area contributed by atoms with E-state index in [1.165, 1.54) is 5.69 Å². The second-order valence-electron chi connectivity index (χ2n) is 3.47. The first-order valence-electron chi connectivity index (χ1n) is 4.85. The average molecular weight is 180 g/mol. The Kier molecular flexibility index (Phi) is 2.61. The van der Waals surface area contributed by atoms with Crippen LogP contribution in [0.1, 0.15) is 18.2 Å². The fourth-order valence-electron chi connectivity index (χ4n) is 1.60. The first kappa shape index (κ1) is 8.72. The van der Waals surface area contributed by atoms with Gasteiger partial charge in [-0.05, 0) is 25.5 Å². The van der Waals surface area contributed by atoms with Crippen LogP contribution in [0.15, 0.2) is 12.3 Å². The number of nitrogens with one attached hydrogen (secondary N) is 1. The summed E-state index contributed by atoms with van der Waals surface area (Å²) in [6.45, 7) is 2.86. The van der Waals surface area contributed by atoms with Crippen LogP contribution in [0.4, 0.5) is 0 Å². The highest BCUT2D eigenvalue weighted by molar-refractivity contribution is 5.04. The van der Waals surface area contributed by atoms with Gasteiger partial charge in [0.2, 0.25) is 0 Å². The van der Waals surface area contributed by atoms with Gasteiger partial charge in [-0.25, -0.2) is 0 Å². The van der Waals surface area contributed by atoms with Crippen molar-refractivity contribution >= 4 is 0 Å². The van der Waals surface area contributed by atoms with E-state index in [-0.39, 0.29) is 0 Å². The van der Waals surface area contributed by atoms with Crippen LogP contribution in [0.3, 0.4) is 0 Å². The summed E-state index contributed by atoms with van der Waals surface area (Å²) in [6.07, 6.45) is 3.98. The number of aryl methyl sites for hydroxylation is 1. The molecule has 0 atom stereocenters.